The van der Waals surface area contributed by atoms with Gasteiger partial charge >= 0.3 is 0 Å². The topological polar surface area (TPSA) is 215 Å². The summed E-state index contributed by atoms with van der Waals surface area (Å²) in [5, 5.41) is 23.9. The van der Waals surface area contributed by atoms with Crippen LogP contribution in [0.5, 0.6) is 23.0 Å². The molecule has 6 rings (SSSR count). The van der Waals surface area contributed by atoms with Gasteiger partial charge in [-0.1, -0.05) is 0 Å². The second-order valence-electron chi connectivity index (χ2n) is 9.02. The molecule has 0 saturated heterocycles. The Morgan fingerprint density at radius 1 is 0.696 bits per heavy atom. The number of aromatic nitrogens is 6. The number of aliphatic hydroxyl groups is 1. The first kappa shape index (κ1) is 32.4. The minimum Gasteiger partial charge on any atom is -0.457 e. The molecular formula is C31H32N10O5. The van der Waals surface area contributed by atoms with E-state index >= 15 is 0 Å². The Morgan fingerprint density at radius 3 is 1.61 bits per heavy atom. The second-order valence-corrected chi connectivity index (χ2v) is 9.02. The fourth-order valence-corrected chi connectivity index (χ4v) is 4.06. The van der Waals surface area contributed by atoms with E-state index in [1.807, 2.05) is 25.2 Å². The number of hydrogen-bond acceptors (Lipinski definition) is 12. The van der Waals surface area contributed by atoms with E-state index in [2.05, 4.69) is 40.5 Å². The molecule has 0 aliphatic rings. The molecule has 0 radical (unpaired) electrons. The van der Waals surface area contributed by atoms with E-state index in [9.17, 15) is 10.1 Å². The van der Waals surface area contributed by atoms with Crippen molar-refractivity contribution >= 4 is 22.7 Å². The summed E-state index contributed by atoms with van der Waals surface area (Å²) in [5.41, 5.74) is 9.14. The maximum absolute atomic E-state index is 11.1. The van der Waals surface area contributed by atoms with Gasteiger partial charge in [0.15, 0.2) is 11.6 Å². The number of nitrogens with two attached hydrogens (primary N) is 1. The summed E-state index contributed by atoms with van der Waals surface area (Å²) in [7, 11) is 4.45. The number of rotatable bonds is 9. The van der Waals surface area contributed by atoms with Crippen molar-refractivity contribution in [3.63, 3.8) is 0 Å². The van der Waals surface area contributed by atoms with E-state index < -0.39 is 4.92 Å². The summed E-state index contributed by atoms with van der Waals surface area (Å²) >= 11 is 0. The van der Waals surface area contributed by atoms with Gasteiger partial charge in [0.1, 0.15) is 40.1 Å². The molecule has 236 valence electrons. The van der Waals surface area contributed by atoms with Gasteiger partial charge in [-0.2, -0.15) is 0 Å². The molecule has 6 aromatic rings. The zero-order valence-corrected chi connectivity index (χ0v) is 25.1. The third-order valence-corrected chi connectivity index (χ3v) is 6.14. The molecule has 15 nitrogen and oxygen atoms in total. The van der Waals surface area contributed by atoms with Gasteiger partial charge in [0.2, 0.25) is 0 Å². The summed E-state index contributed by atoms with van der Waals surface area (Å²) in [4.78, 5) is 33.3. The lowest BCUT2D eigenvalue weighted by molar-refractivity contribution is -0.384. The van der Waals surface area contributed by atoms with Crippen molar-refractivity contribution in [1.29, 1.82) is 0 Å². The monoisotopic (exact) mass is 624 g/mol. The zero-order valence-electron chi connectivity index (χ0n) is 25.1. The Kier molecular flexibility index (Phi) is 11.2. The summed E-state index contributed by atoms with van der Waals surface area (Å²) in [6.07, 6.45) is 10.0. The van der Waals surface area contributed by atoms with Crippen LogP contribution in [0.1, 0.15) is 0 Å². The molecule has 7 N–H and O–H groups in total. The SMILES string of the molecule is CNc1ccc(Oc2ccnc(-c3ncc[nH]3)c2)cc1N.CNc1ccc(Oc2ccnc(-c3ncc[nH]3)c2)cc1[N+](=O)[O-].CO. The first-order chi connectivity index (χ1) is 22.4. The first-order valence-corrected chi connectivity index (χ1v) is 13.7. The Labute approximate surface area is 263 Å². The molecular weight excluding hydrogens is 592 g/mol. The fraction of sp³-hybridized carbons (Fsp3) is 0.0968. The molecule has 0 aliphatic carbocycles. The van der Waals surface area contributed by atoms with E-state index in [-0.39, 0.29) is 5.69 Å². The van der Waals surface area contributed by atoms with Crippen molar-refractivity contribution in [2.24, 2.45) is 0 Å². The summed E-state index contributed by atoms with van der Waals surface area (Å²) in [6, 6.07) is 17.1. The van der Waals surface area contributed by atoms with Crippen molar-refractivity contribution < 1.29 is 19.5 Å². The highest BCUT2D eigenvalue weighted by molar-refractivity contribution is 5.68. The van der Waals surface area contributed by atoms with Crippen LogP contribution in [0.4, 0.5) is 22.7 Å². The molecule has 0 unspecified atom stereocenters. The minimum absolute atomic E-state index is 0.0506. The summed E-state index contributed by atoms with van der Waals surface area (Å²) in [5.74, 6) is 3.54. The number of H-pyrrole nitrogens is 2. The normalized spacial score (nSPS) is 10.0. The molecule has 4 heterocycles. The lowest BCUT2D eigenvalue weighted by Crippen LogP contribution is -1.97. The van der Waals surface area contributed by atoms with Crippen LogP contribution >= 0.6 is 0 Å². The van der Waals surface area contributed by atoms with Gasteiger partial charge < -0.3 is 40.9 Å². The number of aliphatic hydroxyl groups excluding tert-OH is 1. The first-order valence-electron chi connectivity index (χ1n) is 13.7. The van der Waals surface area contributed by atoms with E-state index in [0.29, 0.717) is 51.7 Å². The predicted octanol–water partition coefficient (Wildman–Crippen LogP) is 5.71. The van der Waals surface area contributed by atoms with Gasteiger partial charge in [-0.05, 0) is 36.4 Å². The molecule has 0 saturated carbocycles. The van der Waals surface area contributed by atoms with E-state index in [1.54, 1.807) is 80.6 Å². The van der Waals surface area contributed by atoms with Gasteiger partial charge in [0.05, 0.1) is 22.4 Å². The molecule has 0 bridgehead atoms. The number of benzene rings is 2. The van der Waals surface area contributed by atoms with Crippen molar-refractivity contribution in [2.45, 2.75) is 0 Å². The highest BCUT2D eigenvalue weighted by atomic mass is 16.6. The van der Waals surface area contributed by atoms with Crippen LogP contribution in [0, 0.1) is 10.1 Å². The van der Waals surface area contributed by atoms with E-state index in [0.717, 1.165) is 18.5 Å². The van der Waals surface area contributed by atoms with Crippen molar-refractivity contribution in [3.05, 3.63) is 108 Å². The Morgan fingerprint density at radius 2 is 1.17 bits per heavy atom. The lowest BCUT2D eigenvalue weighted by atomic mass is 10.2. The van der Waals surface area contributed by atoms with Crippen molar-refractivity contribution in [2.75, 3.05) is 37.6 Å². The van der Waals surface area contributed by atoms with Crippen LogP contribution in [0.3, 0.4) is 0 Å². The number of ether oxygens (including phenoxy) is 2. The average Bonchev–Trinajstić information content (AvgIpc) is 3.82. The van der Waals surface area contributed by atoms with Crippen LogP contribution in [0.2, 0.25) is 0 Å². The summed E-state index contributed by atoms with van der Waals surface area (Å²) in [6.45, 7) is 0. The second kappa shape index (κ2) is 15.8. The highest BCUT2D eigenvalue weighted by Gasteiger charge is 2.15. The molecule has 2 aromatic carbocycles. The maximum atomic E-state index is 11.1. The highest BCUT2D eigenvalue weighted by Crippen LogP contribution is 2.32. The number of nitrogen functional groups attached to an aromatic ring is 1. The number of nitrogens with one attached hydrogen (secondary N) is 4. The van der Waals surface area contributed by atoms with Crippen LogP contribution in [-0.4, -0.2) is 61.1 Å². The third kappa shape index (κ3) is 8.33. The number of nitro groups is 1. The average molecular weight is 625 g/mol. The van der Waals surface area contributed by atoms with Gasteiger partial charge in [-0.25, -0.2) is 9.97 Å². The number of nitrogens with zero attached hydrogens (tertiary/aromatic N) is 5. The quantitative estimate of drug-likeness (QED) is 0.0648. The molecule has 4 aromatic heterocycles. The van der Waals surface area contributed by atoms with Gasteiger partial charge in [0, 0.05) is 76.6 Å². The molecule has 0 fully saturated rings. The van der Waals surface area contributed by atoms with Crippen LogP contribution in [0.25, 0.3) is 23.0 Å². The molecule has 15 heteroatoms. The minimum atomic E-state index is -0.459. The van der Waals surface area contributed by atoms with Gasteiger partial charge in [-0.15, -0.1) is 0 Å². The number of anilines is 3. The van der Waals surface area contributed by atoms with Gasteiger partial charge in [-0.3, -0.25) is 20.1 Å². The standard InChI is InChI=1S/C15H13N5O3.C15H15N5O.CH4O/c1-16-12-3-2-10(9-14(12)20(21)22)23-11-4-5-17-13(8-11)15-18-6-7-19-15;1-17-13-3-2-10(8-12(13)16)21-11-4-5-18-14(9-11)15-19-6-7-20-15;1-2/h2-9,16H,1H3,(H,18,19);2-9,17H,16H2,1H3,(H,19,20);2H,1H3. The Hall–Kier alpha value is -6.48. The number of imidazole rings is 2. The number of pyridine rings is 2. The molecule has 0 spiro atoms. The Balaban J connectivity index is 0.000000199. The smallest absolute Gasteiger partial charge is 0.296 e. The third-order valence-electron chi connectivity index (χ3n) is 6.14. The number of nitro benzene ring substituents is 1. The molecule has 46 heavy (non-hydrogen) atoms. The fourth-order valence-electron chi connectivity index (χ4n) is 4.06. The molecule has 0 atom stereocenters. The largest absolute Gasteiger partial charge is 0.457 e. The predicted molar refractivity (Wildman–Crippen MR) is 175 cm³/mol. The van der Waals surface area contributed by atoms with E-state index in [1.165, 1.54) is 6.07 Å². The van der Waals surface area contributed by atoms with Crippen LogP contribution < -0.4 is 25.8 Å². The summed E-state index contributed by atoms with van der Waals surface area (Å²) < 4.78 is 11.5. The van der Waals surface area contributed by atoms with E-state index in [4.69, 9.17) is 20.3 Å². The van der Waals surface area contributed by atoms with Crippen molar-refractivity contribution in [3.8, 4) is 46.0 Å². The number of hydrogen-bond donors (Lipinski definition) is 6. The van der Waals surface area contributed by atoms with Crippen LogP contribution in [0.15, 0.2) is 97.8 Å². The maximum Gasteiger partial charge on any atom is 0.296 e. The zero-order chi connectivity index (χ0) is 32.9. The molecule has 0 aliphatic heterocycles. The van der Waals surface area contributed by atoms with Crippen LogP contribution in [-0.2, 0) is 0 Å². The lowest BCUT2D eigenvalue weighted by Gasteiger charge is -2.09. The Bertz CT molecular complexity index is 1850. The van der Waals surface area contributed by atoms with Gasteiger partial charge in [0.25, 0.3) is 5.69 Å². The van der Waals surface area contributed by atoms with Crippen molar-refractivity contribution in [1.82, 2.24) is 29.9 Å². The molecule has 0 amide bonds. The number of aromatic amines is 2.